The molecular weight excluding hydrogens is 1130 g/mol. The molecule has 0 aliphatic heterocycles. The lowest BCUT2D eigenvalue weighted by Gasteiger charge is -2.14. The van der Waals surface area contributed by atoms with Crippen LogP contribution in [-0.2, 0) is 41.0 Å². The maximum Gasteiger partial charge on any atom is 0.213 e. The molecule has 8 aromatic carbocycles. The molecule has 0 saturated carbocycles. The third kappa shape index (κ3) is 17.1. The van der Waals surface area contributed by atoms with Crippen LogP contribution in [0.3, 0.4) is 0 Å². The first-order valence-electron chi connectivity index (χ1n) is 33.3. The Morgan fingerprint density at radius 2 is 0.613 bits per heavy atom. The van der Waals surface area contributed by atoms with Gasteiger partial charge in [0.05, 0.1) is 0 Å². The number of aromatic nitrogens is 4. The van der Waals surface area contributed by atoms with E-state index in [9.17, 15) is 0 Å². The standard InChI is InChI=1S/C25H30N.C23H26N.C21H22N.C20H20N/c1-17(2)21-13-22(18(3)4)15-23(14-21)20-11-12-25(26(6)16-20)24-10-8-7-9-19(24)5;1-5-18-13-19(6-2)15-21(14-18)20-11-12-23(24(4)16-20)22-10-8-7-9-17(22)3;1-15-11-16(2)13-19(12-15)18-9-10-21(22(4)14-18)20-8-6-5-7-17(20)3;1-15-8-10-17(11-9-15)18-12-13-21(3)20(14-18)19-7-5-4-6-16(19)2/h7-18H,1-6H3;7-16H,5-6H2,1-4H3;5-14H,1-4H3;4-14H,1-3H3/q4*+1. The van der Waals surface area contributed by atoms with E-state index in [0.29, 0.717) is 11.8 Å². The van der Waals surface area contributed by atoms with Crippen molar-refractivity contribution in [2.75, 3.05) is 0 Å². The molecule has 0 bridgehead atoms. The number of aryl methyl sites for hydroxylation is 13. The molecule has 0 N–H and O–H groups in total. The lowest BCUT2D eigenvalue weighted by molar-refractivity contribution is -0.660. The van der Waals surface area contributed by atoms with Crippen LogP contribution in [-0.4, -0.2) is 0 Å². The molecular formula is C89H98N4+4. The third-order valence-electron chi connectivity index (χ3n) is 18.0. The molecule has 470 valence electrons. The van der Waals surface area contributed by atoms with Crippen molar-refractivity contribution < 1.29 is 18.3 Å². The summed E-state index contributed by atoms with van der Waals surface area (Å²) in [7, 11) is 8.49. The van der Waals surface area contributed by atoms with E-state index in [1.807, 2.05) is 0 Å². The monoisotopic (exact) mass is 1220 g/mol. The lowest BCUT2D eigenvalue weighted by Crippen LogP contribution is -2.30. The van der Waals surface area contributed by atoms with Crippen molar-refractivity contribution in [3.63, 3.8) is 0 Å². The molecule has 0 aliphatic rings. The average Bonchev–Trinajstić information content (AvgIpc) is 0.914. The minimum Gasteiger partial charge on any atom is -0.201 e. The first-order valence-corrected chi connectivity index (χ1v) is 33.3. The van der Waals surface area contributed by atoms with E-state index in [0.717, 1.165) is 12.8 Å². The van der Waals surface area contributed by atoms with Gasteiger partial charge >= 0.3 is 0 Å². The first kappa shape index (κ1) is 67.7. The molecule has 4 nitrogen and oxygen atoms in total. The van der Waals surface area contributed by atoms with Gasteiger partial charge in [-0.15, -0.1) is 0 Å². The van der Waals surface area contributed by atoms with Gasteiger partial charge in [-0.3, -0.25) is 0 Å². The van der Waals surface area contributed by atoms with Crippen LogP contribution < -0.4 is 18.3 Å². The van der Waals surface area contributed by atoms with Crippen LogP contribution in [0.25, 0.3) is 89.5 Å². The fraction of sp³-hybridized carbons (Fsp3) is 0.236. The van der Waals surface area contributed by atoms with Gasteiger partial charge in [-0.25, -0.2) is 18.3 Å². The Labute approximate surface area is 557 Å². The van der Waals surface area contributed by atoms with Gasteiger partial charge in [-0.05, 0) is 188 Å². The predicted octanol–water partition coefficient (Wildman–Crippen LogP) is 20.9. The van der Waals surface area contributed by atoms with Crippen LogP contribution in [0.15, 0.2) is 249 Å². The van der Waals surface area contributed by atoms with E-state index >= 15 is 0 Å². The van der Waals surface area contributed by atoms with Crippen LogP contribution >= 0.6 is 0 Å². The van der Waals surface area contributed by atoms with Gasteiger partial charge in [-0.2, -0.15) is 0 Å². The number of benzene rings is 8. The summed E-state index contributed by atoms with van der Waals surface area (Å²) in [6, 6.07) is 81.5. The van der Waals surface area contributed by atoms with Crippen molar-refractivity contribution in [1.82, 2.24) is 0 Å². The summed E-state index contributed by atoms with van der Waals surface area (Å²) in [5.74, 6) is 1.07. The van der Waals surface area contributed by atoms with Crippen molar-refractivity contribution in [2.24, 2.45) is 28.2 Å². The molecule has 0 atom stereocenters. The van der Waals surface area contributed by atoms with Gasteiger partial charge in [0, 0.05) is 69.3 Å². The molecule has 4 heteroatoms. The summed E-state index contributed by atoms with van der Waals surface area (Å²) in [6.45, 7) is 28.6. The molecule has 0 unspecified atom stereocenters. The van der Waals surface area contributed by atoms with Crippen LogP contribution in [0.5, 0.6) is 0 Å². The van der Waals surface area contributed by atoms with Gasteiger partial charge in [0.25, 0.3) is 0 Å². The van der Waals surface area contributed by atoms with Gasteiger partial charge in [-0.1, -0.05) is 210 Å². The number of hydrogen-bond donors (Lipinski definition) is 0. The molecule has 12 rings (SSSR count). The van der Waals surface area contributed by atoms with Gasteiger partial charge in [0.2, 0.25) is 22.8 Å². The van der Waals surface area contributed by atoms with E-state index in [2.05, 4.69) is 386 Å². The van der Waals surface area contributed by atoms with Crippen molar-refractivity contribution in [3.05, 3.63) is 310 Å². The van der Waals surface area contributed by atoms with Crippen LogP contribution in [0, 0.1) is 48.5 Å². The Balaban J connectivity index is 0.000000147. The molecule has 0 fully saturated rings. The number of pyridine rings is 4. The number of hydrogen-bond acceptors (Lipinski definition) is 0. The van der Waals surface area contributed by atoms with Gasteiger partial charge in [0.15, 0.2) is 24.8 Å². The first-order chi connectivity index (χ1) is 44.7. The Bertz CT molecular complexity index is 4470. The molecule has 0 radical (unpaired) electrons. The molecule has 12 aromatic rings. The number of rotatable bonds is 12. The zero-order chi connectivity index (χ0) is 66.5. The van der Waals surface area contributed by atoms with Crippen molar-refractivity contribution in [2.45, 2.75) is 115 Å². The quantitative estimate of drug-likeness (QED) is 0.108. The molecule has 0 aliphatic carbocycles. The maximum absolute atomic E-state index is 2.36. The minimum atomic E-state index is 0.535. The summed E-state index contributed by atoms with van der Waals surface area (Å²) in [5.41, 5.74) is 35.1. The highest BCUT2D eigenvalue weighted by Crippen LogP contribution is 2.32. The fourth-order valence-electron chi connectivity index (χ4n) is 12.4. The zero-order valence-electron chi connectivity index (χ0n) is 58.5. The van der Waals surface area contributed by atoms with Gasteiger partial charge in [0.1, 0.15) is 28.2 Å². The highest BCUT2D eigenvalue weighted by atomic mass is 14.9. The van der Waals surface area contributed by atoms with E-state index in [4.69, 9.17) is 0 Å². The molecule has 93 heavy (non-hydrogen) atoms. The zero-order valence-corrected chi connectivity index (χ0v) is 58.5. The van der Waals surface area contributed by atoms with Crippen LogP contribution in [0.1, 0.15) is 115 Å². The molecule has 0 spiro atoms. The van der Waals surface area contributed by atoms with E-state index in [1.54, 1.807) is 0 Å². The SMILES string of the molecule is CCc1cc(CC)cc(-c2ccc(-c3ccccc3C)[n+](C)c2)c1.Cc1cc(C)cc(-c2ccc(-c3ccccc3C)[n+](C)c2)c1.Cc1ccc(-c2cc[n+](C)c(-c3ccccc3C)c2)cc1.Cc1ccccc1-c1ccc(-c2cc(C(C)C)cc(C(C)C)c2)c[n+]1C. The predicted molar refractivity (Wildman–Crippen MR) is 394 cm³/mol. The van der Waals surface area contributed by atoms with Crippen molar-refractivity contribution in [3.8, 4) is 89.5 Å². The topological polar surface area (TPSA) is 15.5 Å². The van der Waals surface area contributed by atoms with Gasteiger partial charge < -0.3 is 0 Å². The minimum absolute atomic E-state index is 0.535. The smallest absolute Gasteiger partial charge is 0.201 e. The fourth-order valence-corrected chi connectivity index (χ4v) is 12.4. The van der Waals surface area contributed by atoms with Crippen molar-refractivity contribution >= 4 is 0 Å². The molecule has 4 heterocycles. The Morgan fingerprint density at radius 3 is 0.968 bits per heavy atom. The summed E-state index contributed by atoms with van der Waals surface area (Å²) < 4.78 is 8.88. The van der Waals surface area contributed by atoms with E-state index in [1.165, 1.54) is 151 Å². The normalized spacial score (nSPS) is 10.9. The van der Waals surface area contributed by atoms with E-state index < -0.39 is 0 Å². The second-order valence-corrected chi connectivity index (χ2v) is 26.1. The number of nitrogens with zero attached hydrogens (tertiary/aromatic N) is 4. The molecule has 0 amide bonds. The van der Waals surface area contributed by atoms with E-state index in [-0.39, 0.29) is 0 Å². The summed E-state index contributed by atoms with van der Waals surface area (Å²) in [6.07, 6.45) is 11.0. The Kier molecular flexibility index (Phi) is 22.7. The lowest BCUT2D eigenvalue weighted by atomic mass is 9.91. The second-order valence-electron chi connectivity index (χ2n) is 26.1. The third-order valence-corrected chi connectivity index (χ3v) is 18.0. The molecule has 4 aromatic heterocycles. The van der Waals surface area contributed by atoms with Crippen LogP contribution in [0.4, 0.5) is 0 Å². The molecule has 0 saturated heterocycles. The summed E-state index contributed by atoms with van der Waals surface area (Å²) >= 11 is 0. The highest BCUT2D eigenvalue weighted by Gasteiger charge is 2.19. The summed E-state index contributed by atoms with van der Waals surface area (Å²) in [5, 5.41) is 0. The Hall–Kier alpha value is -9.64. The van der Waals surface area contributed by atoms with Crippen molar-refractivity contribution in [1.29, 1.82) is 0 Å². The summed E-state index contributed by atoms with van der Waals surface area (Å²) in [4.78, 5) is 0. The maximum atomic E-state index is 2.36. The second kappa shape index (κ2) is 31.1. The Morgan fingerprint density at radius 1 is 0.269 bits per heavy atom. The average molecular weight is 1220 g/mol. The van der Waals surface area contributed by atoms with Crippen LogP contribution in [0.2, 0.25) is 0 Å². The largest absolute Gasteiger partial charge is 0.213 e. The highest BCUT2D eigenvalue weighted by molar-refractivity contribution is 5.72.